The standard InChI is InChI=1S/C20H13N2OS.C11H8N.Ir/c1-11-9-16-13-7-8-21-20-14-5-3-4-6-17(14)24(23)18(19(13)20)10-15(16)12(2)22-11;1-2-6-10(7-3-1)11-8-4-5-9-12-11;/h3-4,6-10H,1-2H3;1-6,8-9H;/q2*-1;. The van der Waals surface area contributed by atoms with Crippen LogP contribution in [-0.2, 0) is 30.9 Å². The third-order valence-electron chi connectivity index (χ3n) is 6.24. The van der Waals surface area contributed by atoms with Crippen molar-refractivity contribution in [3.8, 4) is 22.5 Å². The first-order chi connectivity index (χ1) is 17.6. The molecule has 37 heavy (non-hydrogen) atoms. The van der Waals surface area contributed by atoms with E-state index < -0.39 is 10.8 Å². The van der Waals surface area contributed by atoms with Crippen LogP contribution in [0.3, 0.4) is 0 Å². The summed E-state index contributed by atoms with van der Waals surface area (Å²) in [4.78, 5) is 15.0. The van der Waals surface area contributed by atoms with E-state index in [0.717, 1.165) is 65.2 Å². The predicted octanol–water partition coefficient (Wildman–Crippen LogP) is 6.89. The van der Waals surface area contributed by atoms with E-state index in [2.05, 4.69) is 33.2 Å². The number of pyridine rings is 3. The second-order valence-corrected chi connectivity index (χ2v) is 9.99. The number of rotatable bonds is 1. The summed E-state index contributed by atoms with van der Waals surface area (Å²) >= 11 is 0. The number of fused-ring (bicyclic) bond motifs is 4. The topological polar surface area (TPSA) is 55.7 Å². The molecule has 0 fully saturated rings. The van der Waals surface area contributed by atoms with E-state index in [1.54, 1.807) is 6.20 Å². The van der Waals surface area contributed by atoms with Gasteiger partial charge < -0.3 is 9.97 Å². The molecule has 3 aromatic carbocycles. The van der Waals surface area contributed by atoms with Gasteiger partial charge in [0.05, 0.1) is 0 Å². The maximum atomic E-state index is 13.2. The monoisotopic (exact) mass is 676 g/mol. The van der Waals surface area contributed by atoms with Crippen molar-refractivity contribution < 1.29 is 24.3 Å². The van der Waals surface area contributed by atoms with Gasteiger partial charge in [0.25, 0.3) is 0 Å². The summed E-state index contributed by atoms with van der Waals surface area (Å²) in [5.41, 5.74) is 5.67. The number of nitrogens with zero attached hydrogens (tertiary/aromatic N) is 3. The molecular formula is C31H21IrN3OS-2. The van der Waals surface area contributed by atoms with Crippen LogP contribution in [0, 0.1) is 26.0 Å². The van der Waals surface area contributed by atoms with E-state index in [-0.39, 0.29) is 20.1 Å². The van der Waals surface area contributed by atoms with Gasteiger partial charge in [-0.25, -0.2) is 0 Å². The number of aromatic nitrogens is 3. The summed E-state index contributed by atoms with van der Waals surface area (Å²) in [6.45, 7) is 4.00. The molecule has 3 aromatic heterocycles. The predicted molar refractivity (Wildman–Crippen MR) is 144 cm³/mol. The van der Waals surface area contributed by atoms with Crippen molar-refractivity contribution in [2.45, 2.75) is 23.6 Å². The molecule has 1 unspecified atom stereocenters. The van der Waals surface area contributed by atoms with Gasteiger partial charge in [0.2, 0.25) is 0 Å². The van der Waals surface area contributed by atoms with Gasteiger partial charge in [0, 0.05) is 65.0 Å². The minimum atomic E-state index is -1.23. The first kappa shape index (κ1) is 25.1. The molecule has 4 heterocycles. The summed E-state index contributed by atoms with van der Waals surface area (Å²) in [7, 11) is -1.23. The van der Waals surface area contributed by atoms with E-state index in [0.29, 0.717) is 0 Å². The Morgan fingerprint density at radius 1 is 0.757 bits per heavy atom. The van der Waals surface area contributed by atoms with Crippen molar-refractivity contribution >= 4 is 32.3 Å². The van der Waals surface area contributed by atoms with Gasteiger partial charge in [-0.05, 0) is 70.6 Å². The van der Waals surface area contributed by atoms with Gasteiger partial charge in [-0.1, -0.05) is 12.1 Å². The molecule has 0 saturated heterocycles. The maximum Gasteiger partial charge on any atom is 0.0454 e. The normalized spacial score (nSPS) is 13.3. The zero-order valence-electron chi connectivity index (χ0n) is 20.2. The van der Waals surface area contributed by atoms with Crippen molar-refractivity contribution in [1.82, 2.24) is 15.0 Å². The fraction of sp³-hybridized carbons (Fsp3) is 0.0645. The minimum Gasteiger partial charge on any atom is -0.305 e. The Bertz CT molecular complexity index is 1740. The smallest absolute Gasteiger partial charge is 0.0454 e. The molecule has 1 aliphatic heterocycles. The van der Waals surface area contributed by atoms with Gasteiger partial charge >= 0.3 is 0 Å². The first-order valence-electron chi connectivity index (χ1n) is 11.6. The van der Waals surface area contributed by atoms with Crippen LogP contribution in [0.1, 0.15) is 11.4 Å². The Kier molecular flexibility index (Phi) is 7.07. The van der Waals surface area contributed by atoms with Crippen LogP contribution in [-0.4, -0.2) is 19.2 Å². The second-order valence-electron chi connectivity index (χ2n) is 8.57. The molecular weight excluding hydrogens is 655 g/mol. The van der Waals surface area contributed by atoms with Crippen molar-refractivity contribution in [3.05, 3.63) is 115 Å². The van der Waals surface area contributed by atoms with Crippen LogP contribution in [0.15, 0.2) is 101 Å². The van der Waals surface area contributed by atoms with E-state index >= 15 is 0 Å². The Morgan fingerprint density at radius 3 is 2.38 bits per heavy atom. The Hall–Kier alpha value is -3.57. The van der Waals surface area contributed by atoms with Crippen LogP contribution >= 0.6 is 0 Å². The molecule has 4 nitrogen and oxygen atoms in total. The van der Waals surface area contributed by atoms with Gasteiger partial charge in [0.1, 0.15) is 0 Å². The summed E-state index contributed by atoms with van der Waals surface area (Å²) in [5, 5.41) is 4.25. The third-order valence-corrected chi connectivity index (χ3v) is 7.71. The quantitative estimate of drug-likeness (QED) is 0.141. The summed E-state index contributed by atoms with van der Waals surface area (Å²) in [5.74, 6) is 0. The van der Waals surface area contributed by atoms with Crippen molar-refractivity contribution in [2.75, 3.05) is 0 Å². The van der Waals surface area contributed by atoms with E-state index in [9.17, 15) is 4.21 Å². The maximum absolute atomic E-state index is 13.2. The van der Waals surface area contributed by atoms with Crippen LogP contribution in [0.25, 0.3) is 44.1 Å². The average Bonchev–Trinajstić information content (AvgIpc) is 2.93. The first-order valence-corrected chi connectivity index (χ1v) is 12.8. The molecule has 0 aliphatic carbocycles. The molecule has 0 N–H and O–H groups in total. The summed E-state index contributed by atoms with van der Waals surface area (Å²) in [6.07, 6.45) is 3.61. The van der Waals surface area contributed by atoms with Gasteiger partial charge in [-0.3, -0.25) is 9.19 Å². The molecule has 1 radical (unpaired) electrons. The van der Waals surface area contributed by atoms with Crippen molar-refractivity contribution in [1.29, 1.82) is 0 Å². The fourth-order valence-corrected chi connectivity index (χ4v) is 6.07. The minimum absolute atomic E-state index is 0. The molecule has 1 aliphatic rings. The second kappa shape index (κ2) is 10.4. The van der Waals surface area contributed by atoms with E-state index in [1.807, 2.05) is 92.8 Å². The molecule has 6 aromatic rings. The van der Waals surface area contributed by atoms with Crippen LogP contribution < -0.4 is 0 Å². The number of aryl methyl sites for hydroxylation is 2. The summed E-state index contributed by atoms with van der Waals surface area (Å²) < 4.78 is 13.2. The SMILES string of the molecule is Cc1cc2c(cc3c4c(nccc42)-c2[c-]cccc2S3=O)c(C)n1.[Ir].[c-]1ccccc1-c1ccccn1. The fourth-order valence-electron chi connectivity index (χ4n) is 4.67. The average molecular weight is 676 g/mol. The molecule has 0 amide bonds. The number of hydrogen-bond donors (Lipinski definition) is 0. The molecule has 0 spiro atoms. The van der Waals surface area contributed by atoms with Crippen LogP contribution in [0.5, 0.6) is 0 Å². The van der Waals surface area contributed by atoms with E-state index in [4.69, 9.17) is 0 Å². The molecule has 1 atom stereocenters. The molecule has 0 bridgehead atoms. The Labute approximate surface area is 231 Å². The molecule has 7 rings (SSSR count). The van der Waals surface area contributed by atoms with Gasteiger partial charge in [-0.2, -0.15) is 0 Å². The number of benzene rings is 3. The molecule has 0 saturated carbocycles. The van der Waals surface area contributed by atoms with Gasteiger partial charge in [-0.15, -0.1) is 65.7 Å². The van der Waals surface area contributed by atoms with Crippen molar-refractivity contribution in [3.63, 3.8) is 0 Å². The van der Waals surface area contributed by atoms with Crippen LogP contribution in [0.2, 0.25) is 0 Å². The molecule has 183 valence electrons. The third kappa shape index (κ3) is 4.53. The largest absolute Gasteiger partial charge is 0.305 e. The zero-order valence-corrected chi connectivity index (χ0v) is 23.4. The Morgan fingerprint density at radius 2 is 1.59 bits per heavy atom. The zero-order chi connectivity index (χ0) is 24.6. The summed E-state index contributed by atoms with van der Waals surface area (Å²) in [6, 6.07) is 31.8. The number of hydrogen-bond acceptors (Lipinski definition) is 4. The van der Waals surface area contributed by atoms with Crippen molar-refractivity contribution in [2.24, 2.45) is 0 Å². The van der Waals surface area contributed by atoms with Crippen LogP contribution in [0.4, 0.5) is 0 Å². The Balaban J connectivity index is 0.000000183. The van der Waals surface area contributed by atoms with E-state index in [1.165, 1.54) is 0 Å². The van der Waals surface area contributed by atoms with Gasteiger partial charge in [0.15, 0.2) is 0 Å². The molecule has 6 heteroatoms.